The molecule has 22 heavy (non-hydrogen) atoms. The van der Waals surface area contributed by atoms with E-state index < -0.39 is 11.0 Å². The van der Waals surface area contributed by atoms with Gasteiger partial charge in [-0.25, -0.2) is 0 Å². The van der Waals surface area contributed by atoms with Gasteiger partial charge in [0.05, 0.1) is 12.0 Å². The lowest BCUT2D eigenvalue weighted by Gasteiger charge is -2.22. The Hall–Kier alpha value is -2.48. The fraction of sp³-hybridized carbons (Fsp3) is 0.429. The average molecular weight is 309 g/mol. The molecule has 1 aromatic carbocycles. The third-order valence-corrected chi connectivity index (χ3v) is 3.42. The van der Waals surface area contributed by atoms with E-state index in [0.29, 0.717) is 4.90 Å². The van der Waals surface area contributed by atoms with Gasteiger partial charge in [0.15, 0.2) is 12.6 Å². The van der Waals surface area contributed by atoms with E-state index in [4.69, 9.17) is 0 Å². The van der Waals surface area contributed by atoms with Crippen LogP contribution in [-0.2, 0) is 9.59 Å². The summed E-state index contributed by atoms with van der Waals surface area (Å²) in [5.74, 6) is -0.471. The van der Waals surface area contributed by atoms with Crippen molar-refractivity contribution in [1.29, 1.82) is 0 Å². The number of hydrogen-bond acceptors (Lipinski definition) is 4. The van der Waals surface area contributed by atoms with Crippen molar-refractivity contribution in [2.24, 2.45) is 0 Å². The van der Waals surface area contributed by atoms with Crippen molar-refractivity contribution in [3.8, 4) is 0 Å². The number of anilines is 1. The first kappa shape index (κ1) is 17.6. The Labute approximate surface area is 128 Å². The van der Waals surface area contributed by atoms with Crippen LogP contribution in [0.5, 0.6) is 0 Å². The van der Waals surface area contributed by atoms with Gasteiger partial charge in [-0.2, -0.15) is 0 Å². The minimum Gasteiger partial charge on any atom is -0.344 e. The Morgan fingerprint density at radius 2 is 1.95 bits per heavy atom. The second-order valence-corrected chi connectivity index (χ2v) is 5.30. The molecule has 0 spiro atoms. The second-order valence-electron chi connectivity index (χ2n) is 5.30. The smallest absolute Gasteiger partial charge is 0.292 e. The molecule has 1 rings (SSSR count). The molecule has 2 atom stereocenters. The molecule has 0 radical (unpaired) electrons. The molecule has 0 aliphatic rings. The quantitative estimate of drug-likeness (QED) is 0.548. The van der Waals surface area contributed by atoms with Crippen molar-refractivity contribution in [2.45, 2.75) is 13.0 Å². The van der Waals surface area contributed by atoms with Crippen molar-refractivity contribution in [3.63, 3.8) is 0 Å². The highest BCUT2D eigenvalue weighted by atomic mass is 16.6. The monoisotopic (exact) mass is 309 g/mol. The molecule has 0 fully saturated rings. The highest BCUT2D eigenvalue weighted by molar-refractivity contribution is 5.95. The number of rotatable bonds is 6. The van der Waals surface area contributed by atoms with Crippen LogP contribution in [0.2, 0.25) is 0 Å². The van der Waals surface area contributed by atoms with Crippen molar-refractivity contribution < 1.29 is 19.4 Å². The highest BCUT2D eigenvalue weighted by Crippen LogP contribution is 2.22. The summed E-state index contributed by atoms with van der Waals surface area (Å²) < 4.78 is 0. The van der Waals surface area contributed by atoms with Gasteiger partial charge in [0.1, 0.15) is 5.69 Å². The van der Waals surface area contributed by atoms with Gasteiger partial charge in [0.2, 0.25) is 0 Å². The zero-order valence-corrected chi connectivity index (χ0v) is 13.1. The first-order valence-corrected chi connectivity index (χ1v) is 6.80. The van der Waals surface area contributed by atoms with Gasteiger partial charge in [0, 0.05) is 20.2 Å². The molecular formula is C14H21N4O4+. The van der Waals surface area contributed by atoms with Gasteiger partial charge in [-0.05, 0) is 13.0 Å². The van der Waals surface area contributed by atoms with E-state index in [0.717, 1.165) is 0 Å². The summed E-state index contributed by atoms with van der Waals surface area (Å²) in [4.78, 5) is 36.4. The maximum atomic E-state index is 12.2. The van der Waals surface area contributed by atoms with Crippen LogP contribution in [0.4, 0.5) is 11.4 Å². The van der Waals surface area contributed by atoms with E-state index in [9.17, 15) is 19.7 Å². The summed E-state index contributed by atoms with van der Waals surface area (Å²) in [6.07, 6.45) is 0. The van der Waals surface area contributed by atoms with E-state index in [2.05, 4.69) is 5.32 Å². The van der Waals surface area contributed by atoms with Crippen molar-refractivity contribution >= 4 is 23.2 Å². The number of hydrogen-bond donors (Lipinski definition) is 2. The number of para-hydroxylation sites is 2. The van der Waals surface area contributed by atoms with Crippen LogP contribution in [0.15, 0.2) is 24.3 Å². The second kappa shape index (κ2) is 7.51. The van der Waals surface area contributed by atoms with Crippen LogP contribution in [0.25, 0.3) is 0 Å². The Morgan fingerprint density at radius 3 is 2.50 bits per heavy atom. The predicted octanol–water partition coefficient (Wildman–Crippen LogP) is -0.475. The van der Waals surface area contributed by atoms with Crippen molar-refractivity contribution in [2.75, 3.05) is 33.0 Å². The topological polar surface area (TPSA) is 97.0 Å². The number of carbonyl (C=O) groups is 2. The number of benzene rings is 1. The number of nitro benzene ring substituents is 1. The van der Waals surface area contributed by atoms with Crippen LogP contribution in [0.1, 0.15) is 6.92 Å². The minimum absolute atomic E-state index is 0.0946. The summed E-state index contributed by atoms with van der Waals surface area (Å²) in [6.45, 7) is 1.83. The van der Waals surface area contributed by atoms with Crippen molar-refractivity contribution in [3.05, 3.63) is 34.4 Å². The largest absolute Gasteiger partial charge is 0.344 e. The van der Waals surface area contributed by atoms with Gasteiger partial charge < -0.3 is 15.1 Å². The van der Waals surface area contributed by atoms with E-state index in [1.165, 1.54) is 23.1 Å². The molecule has 1 unspecified atom stereocenters. The molecule has 0 saturated carbocycles. The zero-order chi connectivity index (χ0) is 16.9. The van der Waals surface area contributed by atoms with Gasteiger partial charge in [0.25, 0.3) is 17.5 Å². The fourth-order valence-corrected chi connectivity index (χ4v) is 1.75. The number of carbonyl (C=O) groups excluding carboxylic acids is 2. The average Bonchev–Trinajstić information content (AvgIpc) is 2.46. The molecule has 8 nitrogen and oxygen atoms in total. The van der Waals surface area contributed by atoms with E-state index >= 15 is 0 Å². The molecule has 0 bridgehead atoms. The lowest BCUT2D eigenvalue weighted by atomic mass is 10.2. The molecule has 0 aliphatic heterocycles. The molecular weight excluding hydrogens is 288 g/mol. The summed E-state index contributed by atoms with van der Waals surface area (Å²) in [5.41, 5.74) is -0.0128. The summed E-state index contributed by atoms with van der Waals surface area (Å²) in [7, 11) is 5.02. The van der Waals surface area contributed by atoms with Gasteiger partial charge in [-0.3, -0.25) is 19.7 Å². The third-order valence-electron chi connectivity index (χ3n) is 3.42. The summed E-state index contributed by atoms with van der Waals surface area (Å²) in [5, 5.41) is 13.5. The first-order chi connectivity index (χ1) is 10.2. The maximum absolute atomic E-state index is 12.2. The maximum Gasteiger partial charge on any atom is 0.292 e. The molecule has 0 aliphatic carbocycles. The van der Waals surface area contributed by atoms with E-state index in [1.807, 2.05) is 0 Å². The number of nitrogens with one attached hydrogen (secondary N) is 2. The number of quaternary nitrogens is 1. The molecule has 0 saturated heterocycles. The molecule has 2 amide bonds. The third kappa shape index (κ3) is 4.52. The molecule has 8 heteroatoms. The van der Waals surface area contributed by atoms with Gasteiger partial charge in [-0.1, -0.05) is 12.1 Å². The Balaban J connectivity index is 2.76. The predicted molar refractivity (Wildman–Crippen MR) is 81.6 cm³/mol. The van der Waals surface area contributed by atoms with Crippen LogP contribution in [0.3, 0.4) is 0 Å². The van der Waals surface area contributed by atoms with Crippen molar-refractivity contribution in [1.82, 2.24) is 4.90 Å². The highest BCUT2D eigenvalue weighted by Gasteiger charge is 2.26. The van der Waals surface area contributed by atoms with E-state index in [1.54, 1.807) is 34.1 Å². The number of nitrogens with zero attached hydrogens (tertiary/aromatic N) is 2. The van der Waals surface area contributed by atoms with E-state index in [-0.39, 0.29) is 29.7 Å². The Kier molecular flexibility index (Phi) is 6.00. The number of amides is 2. The first-order valence-electron chi connectivity index (χ1n) is 6.80. The normalized spacial score (nSPS) is 13.1. The molecule has 0 aromatic heterocycles. The molecule has 1 aromatic rings. The number of nitro groups is 1. The standard InChI is InChI=1S/C14H20N4O4/c1-10(17(4)9-13(19)16(2)3)14(20)15-11-7-5-6-8-12(11)18(21)22/h5-8,10H,9H2,1-4H3,(H,15,20)/p+1/t10-/m1/s1. The minimum atomic E-state index is -0.549. The van der Waals surface area contributed by atoms with Gasteiger partial charge >= 0.3 is 0 Å². The summed E-state index contributed by atoms with van der Waals surface area (Å²) >= 11 is 0. The Morgan fingerprint density at radius 1 is 1.36 bits per heavy atom. The van der Waals surface area contributed by atoms with Crippen LogP contribution in [-0.4, -0.2) is 55.4 Å². The van der Waals surface area contributed by atoms with Crippen LogP contribution >= 0.6 is 0 Å². The SMILES string of the molecule is C[C@H](C(=O)Nc1ccccc1[N+](=O)[O-])[NH+](C)CC(=O)N(C)C. The number of likely N-dealkylation sites (N-methyl/N-ethyl adjacent to an activating group) is 2. The lowest BCUT2D eigenvalue weighted by molar-refractivity contribution is -0.886. The zero-order valence-electron chi connectivity index (χ0n) is 13.1. The molecule has 2 N–H and O–H groups in total. The van der Waals surface area contributed by atoms with Crippen LogP contribution in [0, 0.1) is 10.1 Å². The Bertz CT molecular complexity index is 574. The fourth-order valence-electron chi connectivity index (χ4n) is 1.75. The van der Waals surface area contributed by atoms with Crippen LogP contribution < -0.4 is 10.2 Å². The molecule has 120 valence electrons. The molecule has 0 heterocycles. The lowest BCUT2D eigenvalue weighted by Crippen LogP contribution is -3.15. The van der Waals surface area contributed by atoms with Gasteiger partial charge in [-0.15, -0.1) is 0 Å². The summed E-state index contributed by atoms with van der Waals surface area (Å²) in [6, 6.07) is 5.42.